The molecule has 1 saturated heterocycles. The predicted octanol–water partition coefficient (Wildman–Crippen LogP) is 2.47. The van der Waals surface area contributed by atoms with Gasteiger partial charge in [0.25, 0.3) is 5.91 Å². The van der Waals surface area contributed by atoms with Crippen molar-refractivity contribution in [3.8, 4) is 16.9 Å². The highest BCUT2D eigenvalue weighted by molar-refractivity contribution is 6.02. The minimum absolute atomic E-state index is 0.244. The number of anilines is 1. The van der Waals surface area contributed by atoms with E-state index in [9.17, 15) is 4.79 Å². The van der Waals surface area contributed by atoms with Gasteiger partial charge in [0, 0.05) is 30.9 Å². The molecule has 0 unspecified atom stereocenters. The Morgan fingerprint density at radius 3 is 2.61 bits per heavy atom. The number of benzene rings is 1. The highest BCUT2D eigenvalue weighted by Gasteiger charge is 2.29. The summed E-state index contributed by atoms with van der Waals surface area (Å²) in [5.74, 6) is 0.794. The molecule has 0 aliphatic carbocycles. The second-order valence-corrected chi connectivity index (χ2v) is 7.53. The third-order valence-electron chi connectivity index (χ3n) is 5.45. The Labute approximate surface area is 164 Å². The predicted molar refractivity (Wildman–Crippen MR) is 110 cm³/mol. The number of nitrogens with one attached hydrogen (secondary N) is 1. The van der Waals surface area contributed by atoms with Gasteiger partial charge in [-0.1, -0.05) is 19.1 Å². The molecule has 1 fully saturated rings. The number of carbonyl (C=O) groups excluding carboxylic acids is 1. The molecule has 1 aromatic carbocycles. The molecule has 7 nitrogen and oxygen atoms in total. The van der Waals surface area contributed by atoms with Crippen LogP contribution in [0.1, 0.15) is 17.3 Å². The number of nitrogens with two attached hydrogens (primary N) is 1. The molecule has 28 heavy (non-hydrogen) atoms. The Balaban J connectivity index is 1.78. The topological polar surface area (TPSA) is 84.9 Å². The molecular formula is C21H25N5O2. The molecule has 2 aromatic heterocycles. The lowest BCUT2D eigenvalue weighted by Crippen LogP contribution is -2.29. The number of carbonyl (C=O) groups is 1. The average molecular weight is 379 g/mol. The maximum absolute atomic E-state index is 12.0. The summed E-state index contributed by atoms with van der Waals surface area (Å²) in [5.41, 5.74) is 9.69. The monoisotopic (exact) mass is 379 g/mol. The van der Waals surface area contributed by atoms with Crippen molar-refractivity contribution in [2.75, 3.05) is 32.6 Å². The molecule has 0 radical (unpaired) electrons. The third kappa shape index (κ3) is 3.29. The van der Waals surface area contributed by atoms with Gasteiger partial charge in [0.15, 0.2) is 0 Å². The Kier molecular flexibility index (Phi) is 4.68. The fourth-order valence-electron chi connectivity index (χ4n) is 3.92. The standard InChI is InChI=1S/C21H25N5O2/c1-13-10-25(2)12-18(13)24-20-17(21(22)27)9-23-26-11-15(8-19(20)26)14-4-6-16(28-3)7-5-14/h4-9,11,13,18,24H,10,12H2,1-3H3,(H2,22,27)/t13-,18+/m0/s1. The Morgan fingerprint density at radius 2 is 2.00 bits per heavy atom. The van der Waals surface area contributed by atoms with E-state index in [-0.39, 0.29) is 6.04 Å². The molecule has 1 aliphatic rings. The summed E-state index contributed by atoms with van der Waals surface area (Å²) in [6.07, 6.45) is 3.50. The quantitative estimate of drug-likeness (QED) is 0.711. The van der Waals surface area contributed by atoms with Crippen LogP contribution in [0.3, 0.4) is 0 Å². The van der Waals surface area contributed by atoms with Crippen molar-refractivity contribution >= 4 is 17.1 Å². The summed E-state index contributed by atoms with van der Waals surface area (Å²) >= 11 is 0. The van der Waals surface area contributed by atoms with Crippen LogP contribution in [-0.4, -0.2) is 53.7 Å². The smallest absolute Gasteiger partial charge is 0.252 e. The molecular weight excluding hydrogens is 354 g/mol. The molecule has 1 amide bonds. The van der Waals surface area contributed by atoms with E-state index in [0.29, 0.717) is 11.5 Å². The normalized spacial score (nSPS) is 19.8. The molecule has 3 aromatic rings. The van der Waals surface area contributed by atoms with Crippen LogP contribution >= 0.6 is 0 Å². The maximum Gasteiger partial charge on any atom is 0.252 e. The molecule has 3 heterocycles. The highest BCUT2D eigenvalue weighted by atomic mass is 16.5. The van der Waals surface area contributed by atoms with Crippen molar-refractivity contribution in [2.45, 2.75) is 13.0 Å². The lowest BCUT2D eigenvalue weighted by molar-refractivity contribution is 0.100. The number of likely N-dealkylation sites (N-methyl/N-ethyl adjacent to an activating group) is 1. The Morgan fingerprint density at radius 1 is 1.25 bits per heavy atom. The van der Waals surface area contributed by atoms with Crippen molar-refractivity contribution in [2.24, 2.45) is 11.7 Å². The van der Waals surface area contributed by atoms with Gasteiger partial charge in [-0.15, -0.1) is 0 Å². The second kappa shape index (κ2) is 7.16. The van der Waals surface area contributed by atoms with Crippen LogP contribution in [-0.2, 0) is 0 Å². The van der Waals surface area contributed by atoms with E-state index in [4.69, 9.17) is 10.5 Å². The van der Waals surface area contributed by atoms with Gasteiger partial charge in [-0.05, 0) is 36.7 Å². The molecule has 2 atom stereocenters. The van der Waals surface area contributed by atoms with E-state index in [1.165, 1.54) is 0 Å². The number of amides is 1. The molecule has 4 rings (SSSR count). The number of hydrogen-bond acceptors (Lipinski definition) is 5. The minimum Gasteiger partial charge on any atom is -0.497 e. The van der Waals surface area contributed by atoms with Crippen molar-refractivity contribution in [3.63, 3.8) is 0 Å². The van der Waals surface area contributed by atoms with Gasteiger partial charge in [-0.3, -0.25) is 4.79 Å². The van der Waals surface area contributed by atoms with Crippen molar-refractivity contribution < 1.29 is 9.53 Å². The van der Waals surface area contributed by atoms with Gasteiger partial charge in [0.2, 0.25) is 0 Å². The van der Waals surface area contributed by atoms with Gasteiger partial charge in [0.05, 0.1) is 30.1 Å². The van der Waals surface area contributed by atoms with E-state index in [1.807, 2.05) is 36.5 Å². The number of hydrogen-bond donors (Lipinski definition) is 2. The SMILES string of the molecule is COc1ccc(-c2cc3c(N[C@@H]4CN(C)C[C@@H]4C)c(C(N)=O)cnn3c2)cc1. The van der Waals surface area contributed by atoms with Gasteiger partial charge >= 0.3 is 0 Å². The first-order valence-electron chi connectivity index (χ1n) is 9.37. The first kappa shape index (κ1) is 18.3. The number of ether oxygens (including phenoxy) is 1. The minimum atomic E-state index is -0.483. The molecule has 7 heteroatoms. The lowest BCUT2D eigenvalue weighted by Gasteiger charge is -2.20. The van der Waals surface area contributed by atoms with E-state index in [1.54, 1.807) is 17.8 Å². The van der Waals surface area contributed by atoms with Gasteiger partial charge < -0.3 is 20.7 Å². The van der Waals surface area contributed by atoms with Crippen LogP contribution in [0.4, 0.5) is 5.69 Å². The molecule has 0 bridgehead atoms. The van der Waals surface area contributed by atoms with Crippen LogP contribution in [0.2, 0.25) is 0 Å². The number of aromatic nitrogens is 2. The van der Waals surface area contributed by atoms with Crippen LogP contribution < -0.4 is 15.8 Å². The lowest BCUT2D eigenvalue weighted by atomic mass is 10.0. The van der Waals surface area contributed by atoms with Crippen molar-refractivity contribution in [3.05, 3.63) is 48.3 Å². The van der Waals surface area contributed by atoms with Crippen molar-refractivity contribution in [1.82, 2.24) is 14.5 Å². The van der Waals surface area contributed by atoms with Crippen LogP contribution in [0.15, 0.2) is 42.7 Å². The van der Waals surface area contributed by atoms with Gasteiger partial charge in [-0.25, -0.2) is 4.52 Å². The average Bonchev–Trinajstić information content (AvgIpc) is 3.25. The third-order valence-corrected chi connectivity index (χ3v) is 5.45. The molecule has 3 N–H and O–H groups in total. The summed E-state index contributed by atoms with van der Waals surface area (Å²) < 4.78 is 7.02. The fourth-order valence-corrected chi connectivity index (χ4v) is 3.92. The zero-order valence-corrected chi connectivity index (χ0v) is 16.3. The second-order valence-electron chi connectivity index (χ2n) is 7.53. The number of primary amides is 1. The summed E-state index contributed by atoms with van der Waals surface area (Å²) in [5, 5.41) is 7.97. The summed E-state index contributed by atoms with van der Waals surface area (Å²) in [6, 6.07) is 10.1. The molecule has 0 spiro atoms. The van der Waals surface area contributed by atoms with Crippen LogP contribution in [0, 0.1) is 5.92 Å². The van der Waals surface area contributed by atoms with Crippen molar-refractivity contribution in [1.29, 1.82) is 0 Å². The number of rotatable bonds is 5. The van der Waals surface area contributed by atoms with Gasteiger partial charge in [-0.2, -0.15) is 5.10 Å². The summed E-state index contributed by atoms with van der Waals surface area (Å²) in [7, 11) is 3.75. The number of nitrogens with zero attached hydrogens (tertiary/aromatic N) is 3. The van der Waals surface area contributed by atoms with Gasteiger partial charge in [0.1, 0.15) is 5.75 Å². The highest BCUT2D eigenvalue weighted by Crippen LogP contribution is 2.31. The van der Waals surface area contributed by atoms with E-state index < -0.39 is 5.91 Å². The van der Waals surface area contributed by atoms with Crippen LogP contribution in [0.5, 0.6) is 5.75 Å². The zero-order valence-electron chi connectivity index (χ0n) is 16.3. The Bertz CT molecular complexity index is 1010. The number of likely N-dealkylation sites (tertiary alicyclic amines) is 1. The van der Waals surface area contributed by atoms with E-state index >= 15 is 0 Å². The first-order valence-corrected chi connectivity index (χ1v) is 9.37. The molecule has 0 saturated carbocycles. The fraction of sp³-hybridized carbons (Fsp3) is 0.333. The van der Waals surface area contributed by atoms with Crippen LogP contribution in [0.25, 0.3) is 16.6 Å². The number of methoxy groups -OCH3 is 1. The maximum atomic E-state index is 12.0. The summed E-state index contributed by atoms with van der Waals surface area (Å²) in [4.78, 5) is 14.3. The largest absolute Gasteiger partial charge is 0.497 e. The van der Waals surface area contributed by atoms with E-state index in [0.717, 1.165) is 41.2 Å². The molecule has 146 valence electrons. The Hall–Kier alpha value is -3.06. The van der Waals surface area contributed by atoms with E-state index in [2.05, 4.69) is 29.3 Å². The molecule has 1 aliphatic heterocycles. The zero-order chi connectivity index (χ0) is 19.8. The summed E-state index contributed by atoms with van der Waals surface area (Å²) in [6.45, 7) is 4.15. The first-order chi connectivity index (χ1) is 13.5. The number of fused-ring (bicyclic) bond motifs is 1.